The van der Waals surface area contributed by atoms with Crippen LogP contribution >= 0.6 is 23.1 Å². The van der Waals surface area contributed by atoms with Crippen molar-refractivity contribution < 1.29 is 19.1 Å². The second-order valence-corrected chi connectivity index (χ2v) is 8.40. The van der Waals surface area contributed by atoms with Gasteiger partial charge in [-0.1, -0.05) is 17.8 Å². The van der Waals surface area contributed by atoms with E-state index in [-0.39, 0.29) is 24.2 Å². The van der Waals surface area contributed by atoms with E-state index in [4.69, 9.17) is 10.5 Å². The number of nitrogens with two attached hydrogens (primary N) is 1. The minimum absolute atomic E-state index is 0.0365. The van der Waals surface area contributed by atoms with E-state index in [0.29, 0.717) is 50.3 Å². The van der Waals surface area contributed by atoms with Crippen LogP contribution in [0.1, 0.15) is 13.3 Å². The highest BCUT2D eigenvalue weighted by molar-refractivity contribution is 7.99. The lowest BCUT2D eigenvalue weighted by Crippen LogP contribution is -2.51. The predicted molar refractivity (Wildman–Crippen MR) is 113 cm³/mol. The van der Waals surface area contributed by atoms with Gasteiger partial charge in [-0.3, -0.25) is 9.59 Å². The Labute approximate surface area is 182 Å². The van der Waals surface area contributed by atoms with Gasteiger partial charge >= 0.3 is 6.09 Å². The lowest BCUT2D eigenvalue weighted by atomic mass is 10.3. The summed E-state index contributed by atoms with van der Waals surface area (Å²) in [6.45, 7) is 4.28. The van der Waals surface area contributed by atoms with Crippen LogP contribution in [0.4, 0.5) is 4.79 Å². The van der Waals surface area contributed by atoms with Crippen LogP contribution in [-0.4, -0.2) is 81.0 Å². The number of amides is 3. The van der Waals surface area contributed by atoms with Crippen molar-refractivity contribution in [2.24, 2.45) is 5.73 Å². The lowest BCUT2D eigenvalue weighted by molar-refractivity contribution is -0.130. The maximum absolute atomic E-state index is 12.6. The Bertz CT molecular complexity index is 877. The van der Waals surface area contributed by atoms with E-state index in [2.05, 4.69) is 10.2 Å². The first-order valence-electron chi connectivity index (χ1n) is 9.57. The van der Waals surface area contributed by atoms with E-state index in [1.54, 1.807) is 16.7 Å². The molecule has 0 aromatic carbocycles. The molecule has 30 heavy (non-hydrogen) atoms. The quantitative estimate of drug-likeness (QED) is 0.598. The molecule has 2 aromatic heterocycles. The standard InChI is InChI=1S/C18H24N6O4S2/c1-2-28-18(27)23-9-7-22(8-10-23)15(26)12-30-17-21-20-16(13-4-3-11-29-13)24(17)6-5-14(19)25/h3-4,11H,2,5-10,12H2,1H3,(H2,19,25). The summed E-state index contributed by atoms with van der Waals surface area (Å²) in [6.07, 6.45) is -0.184. The summed E-state index contributed by atoms with van der Waals surface area (Å²) >= 11 is 2.80. The molecule has 162 valence electrons. The van der Waals surface area contributed by atoms with Crippen molar-refractivity contribution >= 4 is 41.0 Å². The topological polar surface area (TPSA) is 124 Å². The number of primary amides is 1. The Hall–Kier alpha value is -2.60. The summed E-state index contributed by atoms with van der Waals surface area (Å²) in [5.74, 6) is 0.403. The molecule has 3 amide bonds. The van der Waals surface area contributed by atoms with Gasteiger partial charge in [0.1, 0.15) is 0 Å². The normalized spacial score (nSPS) is 14.0. The van der Waals surface area contributed by atoms with Crippen LogP contribution in [0, 0.1) is 0 Å². The zero-order chi connectivity index (χ0) is 21.5. The third-order valence-corrected chi connectivity index (χ3v) is 6.34. The fourth-order valence-electron chi connectivity index (χ4n) is 2.98. The number of thiophene rings is 1. The summed E-state index contributed by atoms with van der Waals surface area (Å²) < 4.78 is 6.82. The summed E-state index contributed by atoms with van der Waals surface area (Å²) in [4.78, 5) is 39.9. The van der Waals surface area contributed by atoms with Crippen molar-refractivity contribution in [2.75, 3.05) is 38.5 Å². The monoisotopic (exact) mass is 452 g/mol. The fourth-order valence-corrected chi connectivity index (χ4v) is 4.56. The average Bonchev–Trinajstić information content (AvgIpc) is 3.40. The second-order valence-electron chi connectivity index (χ2n) is 6.51. The highest BCUT2D eigenvalue weighted by Crippen LogP contribution is 2.27. The van der Waals surface area contributed by atoms with Crippen LogP contribution in [-0.2, 0) is 20.9 Å². The minimum atomic E-state index is -0.410. The number of hydrogen-bond acceptors (Lipinski definition) is 8. The molecule has 0 bridgehead atoms. The predicted octanol–water partition coefficient (Wildman–Crippen LogP) is 1.27. The molecule has 12 heteroatoms. The van der Waals surface area contributed by atoms with Crippen LogP contribution < -0.4 is 5.73 Å². The molecule has 0 atom stereocenters. The Kier molecular flexibility index (Phi) is 7.69. The Morgan fingerprint density at radius 2 is 1.93 bits per heavy atom. The number of nitrogens with zero attached hydrogens (tertiary/aromatic N) is 5. The van der Waals surface area contributed by atoms with E-state index in [1.807, 2.05) is 22.1 Å². The van der Waals surface area contributed by atoms with Crippen LogP contribution in [0.2, 0.25) is 0 Å². The van der Waals surface area contributed by atoms with Gasteiger partial charge in [-0.2, -0.15) is 0 Å². The lowest BCUT2D eigenvalue weighted by Gasteiger charge is -2.34. The van der Waals surface area contributed by atoms with Crippen molar-refractivity contribution in [3.8, 4) is 10.7 Å². The molecule has 1 fully saturated rings. The largest absolute Gasteiger partial charge is 0.450 e. The van der Waals surface area contributed by atoms with Crippen molar-refractivity contribution in [1.82, 2.24) is 24.6 Å². The molecule has 0 radical (unpaired) electrons. The molecule has 1 aliphatic rings. The fraction of sp³-hybridized carbons (Fsp3) is 0.500. The second kappa shape index (κ2) is 10.4. The van der Waals surface area contributed by atoms with Gasteiger partial charge in [0, 0.05) is 39.1 Å². The number of carbonyl (C=O) groups is 3. The van der Waals surface area contributed by atoms with Gasteiger partial charge in [0.2, 0.25) is 11.8 Å². The molecule has 0 saturated carbocycles. The maximum atomic E-state index is 12.6. The molecule has 3 rings (SSSR count). The number of piperazine rings is 1. The van der Waals surface area contributed by atoms with E-state index >= 15 is 0 Å². The molecule has 3 heterocycles. The zero-order valence-corrected chi connectivity index (χ0v) is 18.3. The first kappa shape index (κ1) is 22.1. The molecule has 1 saturated heterocycles. The summed E-state index contributed by atoms with van der Waals surface area (Å²) in [7, 11) is 0. The molecule has 0 unspecified atom stereocenters. The molecule has 0 aliphatic carbocycles. The first-order valence-corrected chi connectivity index (χ1v) is 11.4. The maximum Gasteiger partial charge on any atom is 0.409 e. The average molecular weight is 453 g/mol. The van der Waals surface area contributed by atoms with Crippen LogP contribution in [0.25, 0.3) is 10.7 Å². The molecule has 0 spiro atoms. The SMILES string of the molecule is CCOC(=O)N1CCN(C(=O)CSc2nnc(-c3cccs3)n2CCC(N)=O)CC1. The van der Waals surface area contributed by atoms with Crippen molar-refractivity contribution in [2.45, 2.75) is 25.0 Å². The van der Waals surface area contributed by atoms with Crippen molar-refractivity contribution in [3.05, 3.63) is 17.5 Å². The van der Waals surface area contributed by atoms with Gasteiger partial charge in [-0.05, 0) is 18.4 Å². The number of carbonyl (C=O) groups excluding carboxylic acids is 3. The first-order chi connectivity index (χ1) is 14.5. The minimum Gasteiger partial charge on any atom is -0.450 e. The van der Waals surface area contributed by atoms with Gasteiger partial charge in [-0.25, -0.2) is 4.79 Å². The number of rotatable bonds is 8. The molecule has 2 N–H and O–H groups in total. The van der Waals surface area contributed by atoms with E-state index in [9.17, 15) is 14.4 Å². The molecular weight excluding hydrogens is 428 g/mol. The zero-order valence-electron chi connectivity index (χ0n) is 16.7. The third kappa shape index (κ3) is 5.51. The summed E-state index contributed by atoms with van der Waals surface area (Å²) in [5.41, 5.74) is 5.30. The van der Waals surface area contributed by atoms with Gasteiger partial charge in [0.25, 0.3) is 0 Å². The summed E-state index contributed by atoms with van der Waals surface area (Å²) in [5, 5.41) is 11.0. The number of hydrogen-bond donors (Lipinski definition) is 1. The Balaban J connectivity index is 1.59. The van der Waals surface area contributed by atoms with Gasteiger partial charge < -0.3 is 24.8 Å². The Morgan fingerprint density at radius 3 is 2.57 bits per heavy atom. The van der Waals surface area contributed by atoms with Crippen LogP contribution in [0.15, 0.2) is 22.7 Å². The molecule has 1 aliphatic heterocycles. The highest BCUT2D eigenvalue weighted by atomic mass is 32.2. The summed E-state index contributed by atoms with van der Waals surface area (Å²) in [6, 6.07) is 3.84. The molecule has 2 aromatic rings. The van der Waals surface area contributed by atoms with Crippen LogP contribution in [0.5, 0.6) is 0 Å². The van der Waals surface area contributed by atoms with Gasteiger partial charge in [0.05, 0.1) is 17.2 Å². The van der Waals surface area contributed by atoms with Gasteiger partial charge in [-0.15, -0.1) is 21.5 Å². The van der Waals surface area contributed by atoms with E-state index < -0.39 is 5.91 Å². The highest BCUT2D eigenvalue weighted by Gasteiger charge is 2.25. The third-order valence-electron chi connectivity index (χ3n) is 4.52. The Morgan fingerprint density at radius 1 is 1.20 bits per heavy atom. The molecule has 10 nitrogen and oxygen atoms in total. The van der Waals surface area contributed by atoms with E-state index in [1.165, 1.54) is 23.1 Å². The van der Waals surface area contributed by atoms with E-state index in [0.717, 1.165) is 4.88 Å². The van der Waals surface area contributed by atoms with Crippen molar-refractivity contribution in [3.63, 3.8) is 0 Å². The molecular formula is C18H24N6O4S2. The van der Waals surface area contributed by atoms with Crippen LogP contribution in [0.3, 0.4) is 0 Å². The number of ether oxygens (including phenoxy) is 1. The van der Waals surface area contributed by atoms with Crippen molar-refractivity contribution in [1.29, 1.82) is 0 Å². The smallest absolute Gasteiger partial charge is 0.409 e. The number of aromatic nitrogens is 3. The van der Waals surface area contributed by atoms with Gasteiger partial charge in [0.15, 0.2) is 11.0 Å². The number of thioether (sulfide) groups is 1.